The van der Waals surface area contributed by atoms with E-state index in [0.717, 1.165) is 58.3 Å². The summed E-state index contributed by atoms with van der Waals surface area (Å²) in [5, 5.41) is 0. The lowest BCUT2D eigenvalue weighted by atomic mass is 10.0. The average molecular weight is 338 g/mol. The second kappa shape index (κ2) is 7.10. The van der Waals surface area contributed by atoms with E-state index in [9.17, 15) is 0 Å². The Morgan fingerprint density at radius 1 is 1.08 bits per heavy atom. The lowest BCUT2D eigenvalue weighted by molar-refractivity contribution is 0.122. The third-order valence-corrected chi connectivity index (χ3v) is 5.27. The summed E-state index contributed by atoms with van der Waals surface area (Å²) in [4.78, 5) is 14.2. The smallest absolute Gasteiger partial charge is 0.225 e. The fraction of sp³-hybridized carbons (Fsp3) is 0.500. The summed E-state index contributed by atoms with van der Waals surface area (Å²) in [6.45, 7) is 10.6. The molecule has 1 saturated heterocycles. The van der Waals surface area contributed by atoms with Crippen molar-refractivity contribution in [3.63, 3.8) is 0 Å². The molecule has 0 amide bonds. The number of ether oxygens (including phenoxy) is 1. The van der Waals surface area contributed by atoms with Gasteiger partial charge >= 0.3 is 0 Å². The maximum atomic E-state index is 5.42. The normalized spacial score (nSPS) is 18.2. The highest BCUT2D eigenvalue weighted by molar-refractivity contribution is 5.35. The number of aryl methyl sites for hydroxylation is 2. The Morgan fingerprint density at radius 2 is 1.92 bits per heavy atom. The molecule has 132 valence electrons. The molecule has 2 aliphatic rings. The number of anilines is 1. The van der Waals surface area contributed by atoms with Crippen LogP contribution in [0.2, 0.25) is 0 Å². The molecule has 0 unspecified atom stereocenters. The van der Waals surface area contributed by atoms with Gasteiger partial charge in [0.15, 0.2) is 0 Å². The van der Waals surface area contributed by atoms with Crippen molar-refractivity contribution in [2.45, 2.75) is 33.4 Å². The lowest BCUT2D eigenvalue weighted by Gasteiger charge is -2.30. The van der Waals surface area contributed by atoms with Crippen LogP contribution in [-0.2, 0) is 24.2 Å². The first-order valence-corrected chi connectivity index (χ1v) is 9.15. The summed E-state index contributed by atoms with van der Waals surface area (Å²) >= 11 is 0. The van der Waals surface area contributed by atoms with E-state index >= 15 is 0 Å². The summed E-state index contributed by atoms with van der Waals surface area (Å²) in [6.07, 6.45) is 3.03. The van der Waals surface area contributed by atoms with Gasteiger partial charge in [0.25, 0.3) is 0 Å². The van der Waals surface area contributed by atoms with E-state index in [-0.39, 0.29) is 0 Å². The highest BCUT2D eigenvalue weighted by Crippen LogP contribution is 2.22. The van der Waals surface area contributed by atoms with E-state index < -0.39 is 0 Å². The molecule has 0 atom stereocenters. The number of hydrogen-bond acceptors (Lipinski definition) is 5. The van der Waals surface area contributed by atoms with Gasteiger partial charge < -0.3 is 9.64 Å². The molecular weight excluding hydrogens is 312 g/mol. The first-order valence-electron chi connectivity index (χ1n) is 9.15. The lowest BCUT2D eigenvalue weighted by Crippen LogP contribution is -2.38. The third-order valence-electron chi connectivity index (χ3n) is 5.27. The molecule has 4 rings (SSSR count). The van der Waals surface area contributed by atoms with Gasteiger partial charge in [0.2, 0.25) is 5.95 Å². The van der Waals surface area contributed by atoms with Gasteiger partial charge in [-0.1, -0.05) is 18.2 Å². The molecule has 1 aromatic carbocycles. The van der Waals surface area contributed by atoms with Gasteiger partial charge in [0.05, 0.1) is 18.9 Å². The number of rotatable bonds is 3. The largest absolute Gasteiger partial charge is 0.378 e. The van der Waals surface area contributed by atoms with Crippen LogP contribution in [-0.4, -0.2) is 47.7 Å². The Balaban J connectivity index is 1.45. The number of aromatic nitrogens is 2. The Hall–Kier alpha value is -1.98. The minimum atomic E-state index is 0.768. The summed E-state index contributed by atoms with van der Waals surface area (Å²) in [5.74, 6) is 0.865. The molecule has 0 N–H and O–H groups in total. The molecule has 0 saturated carbocycles. The molecule has 0 radical (unpaired) electrons. The van der Waals surface area contributed by atoms with Crippen LogP contribution in [0.3, 0.4) is 0 Å². The second-order valence-corrected chi connectivity index (χ2v) is 7.12. The van der Waals surface area contributed by atoms with Crippen molar-refractivity contribution in [3.05, 3.63) is 52.3 Å². The fourth-order valence-corrected chi connectivity index (χ4v) is 3.57. The summed E-state index contributed by atoms with van der Waals surface area (Å²) < 4.78 is 5.42. The van der Waals surface area contributed by atoms with Crippen LogP contribution in [0.5, 0.6) is 0 Å². The van der Waals surface area contributed by atoms with Gasteiger partial charge in [-0.05, 0) is 30.5 Å². The molecule has 25 heavy (non-hydrogen) atoms. The molecule has 1 aromatic heterocycles. The van der Waals surface area contributed by atoms with Crippen LogP contribution < -0.4 is 4.90 Å². The zero-order valence-electron chi connectivity index (χ0n) is 15.2. The van der Waals surface area contributed by atoms with Gasteiger partial charge in [-0.2, -0.15) is 0 Å². The van der Waals surface area contributed by atoms with E-state index in [0.29, 0.717) is 0 Å². The standard InChI is InChI=1S/C20H26N4O/c1-15-3-4-17(11-16(15)2)13-23-6-5-19-18(14-23)12-21-20(22-19)24-7-9-25-10-8-24/h3-4,11-12H,5-10,13-14H2,1-2H3. The Bertz CT molecular complexity index is 755. The fourth-order valence-electron chi connectivity index (χ4n) is 3.57. The van der Waals surface area contributed by atoms with E-state index in [4.69, 9.17) is 9.72 Å². The maximum absolute atomic E-state index is 5.42. The van der Waals surface area contributed by atoms with Crippen molar-refractivity contribution in [2.75, 3.05) is 37.7 Å². The number of benzene rings is 1. The van der Waals surface area contributed by atoms with Gasteiger partial charge in [-0.15, -0.1) is 0 Å². The number of morpholine rings is 1. The van der Waals surface area contributed by atoms with E-state index in [1.807, 2.05) is 6.20 Å². The molecule has 1 fully saturated rings. The van der Waals surface area contributed by atoms with Crippen molar-refractivity contribution in [2.24, 2.45) is 0 Å². The van der Waals surface area contributed by atoms with Crippen LogP contribution in [0.25, 0.3) is 0 Å². The zero-order valence-corrected chi connectivity index (χ0v) is 15.2. The minimum absolute atomic E-state index is 0.768. The number of nitrogens with zero attached hydrogens (tertiary/aromatic N) is 4. The van der Waals surface area contributed by atoms with Crippen molar-refractivity contribution < 1.29 is 4.74 Å². The van der Waals surface area contributed by atoms with Gasteiger partial charge in [-0.3, -0.25) is 4.90 Å². The van der Waals surface area contributed by atoms with Gasteiger partial charge in [-0.25, -0.2) is 9.97 Å². The van der Waals surface area contributed by atoms with Crippen LogP contribution in [0.4, 0.5) is 5.95 Å². The molecule has 0 aliphatic carbocycles. The van der Waals surface area contributed by atoms with Crippen molar-refractivity contribution in [3.8, 4) is 0 Å². The van der Waals surface area contributed by atoms with E-state index in [1.54, 1.807) is 0 Å². The van der Waals surface area contributed by atoms with E-state index in [2.05, 4.69) is 46.8 Å². The van der Waals surface area contributed by atoms with Crippen molar-refractivity contribution >= 4 is 5.95 Å². The average Bonchev–Trinajstić information content (AvgIpc) is 2.65. The van der Waals surface area contributed by atoms with Gasteiger partial charge in [0, 0.05) is 50.9 Å². The molecular formula is C20H26N4O. The van der Waals surface area contributed by atoms with Crippen LogP contribution in [0.1, 0.15) is 27.9 Å². The summed E-state index contributed by atoms with van der Waals surface area (Å²) in [6, 6.07) is 6.78. The Kier molecular flexibility index (Phi) is 4.68. The van der Waals surface area contributed by atoms with Crippen molar-refractivity contribution in [1.82, 2.24) is 14.9 Å². The van der Waals surface area contributed by atoms with Crippen LogP contribution >= 0.6 is 0 Å². The number of fused-ring (bicyclic) bond motifs is 1. The predicted molar refractivity (Wildman–Crippen MR) is 98.8 cm³/mol. The summed E-state index contributed by atoms with van der Waals surface area (Å²) in [5.41, 5.74) is 6.60. The predicted octanol–water partition coefficient (Wildman–Crippen LogP) is 2.49. The second-order valence-electron chi connectivity index (χ2n) is 7.12. The monoisotopic (exact) mass is 338 g/mol. The Labute approximate surface area is 149 Å². The van der Waals surface area contributed by atoms with Gasteiger partial charge in [0.1, 0.15) is 0 Å². The topological polar surface area (TPSA) is 41.5 Å². The third kappa shape index (κ3) is 3.67. The molecule has 5 nitrogen and oxygen atoms in total. The molecule has 0 bridgehead atoms. The molecule has 2 aromatic rings. The molecule has 5 heteroatoms. The van der Waals surface area contributed by atoms with Crippen LogP contribution in [0.15, 0.2) is 24.4 Å². The maximum Gasteiger partial charge on any atom is 0.225 e. The zero-order chi connectivity index (χ0) is 17.2. The highest BCUT2D eigenvalue weighted by Gasteiger charge is 2.21. The summed E-state index contributed by atoms with van der Waals surface area (Å²) in [7, 11) is 0. The number of hydrogen-bond donors (Lipinski definition) is 0. The molecule has 2 aliphatic heterocycles. The first kappa shape index (κ1) is 16.5. The molecule has 3 heterocycles. The quantitative estimate of drug-likeness (QED) is 0.860. The van der Waals surface area contributed by atoms with E-state index in [1.165, 1.54) is 27.9 Å². The highest BCUT2D eigenvalue weighted by atomic mass is 16.5. The van der Waals surface area contributed by atoms with Crippen molar-refractivity contribution in [1.29, 1.82) is 0 Å². The SMILES string of the molecule is Cc1ccc(CN2CCc3nc(N4CCOCC4)ncc3C2)cc1C. The minimum Gasteiger partial charge on any atom is -0.378 e. The van der Waals surface area contributed by atoms with Crippen LogP contribution in [0, 0.1) is 13.8 Å². The first-order chi connectivity index (χ1) is 12.2. The Morgan fingerprint density at radius 3 is 2.72 bits per heavy atom. The molecule has 0 spiro atoms.